The fraction of sp³-hybridized carbons (Fsp3) is 0.533. The lowest BCUT2D eigenvalue weighted by atomic mass is 9.47. The number of carboxylic acids is 1. The van der Waals surface area contributed by atoms with E-state index in [1.54, 1.807) is 0 Å². The minimum atomic E-state index is -1.18. The summed E-state index contributed by atoms with van der Waals surface area (Å²) in [6.07, 6.45) is 7.55. The third-order valence-corrected chi connectivity index (χ3v) is 9.25. The topological polar surface area (TPSA) is 102 Å². The second-order valence-corrected chi connectivity index (χ2v) is 14.9. The zero-order valence-corrected chi connectivity index (χ0v) is 23.6. The van der Waals surface area contributed by atoms with Crippen LogP contribution in [0.1, 0.15) is 91.1 Å². The Labute approximate surface area is 221 Å². The fourth-order valence-corrected chi connectivity index (χ4v) is 8.25. The van der Waals surface area contributed by atoms with Crippen LogP contribution in [0.15, 0.2) is 30.3 Å². The summed E-state index contributed by atoms with van der Waals surface area (Å²) in [5, 5.41) is 12.3. The Hall–Kier alpha value is -2.80. The van der Waals surface area contributed by atoms with Gasteiger partial charge in [0.25, 0.3) is 14.9 Å². The van der Waals surface area contributed by atoms with Crippen molar-refractivity contribution in [2.45, 2.75) is 83.2 Å². The normalized spacial score (nSPS) is 26.4. The summed E-state index contributed by atoms with van der Waals surface area (Å²) in [5.74, 6) is 1.63. The maximum atomic E-state index is 13.8. The molecule has 4 aliphatic rings. The van der Waals surface area contributed by atoms with Gasteiger partial charge in [0.2, 0.25) is 0 Å². The van der Waals surface area contributed by atoms with Crippen LogP contribution in [0.5, 0.6) is 5.75 Å². The van der Waals surface area contributed by atoms with E-state index < -0.39 is 15.0 Å². The molecule has 0 spiro atoms. The first-order chi connectivity index (χ1) is 17.4. The SMILES string of the molecule is C[Si](C)Oc1c(C(=O)Nc2cc(C(=O)O)ccc2N)ccc(C(C)(C)C)c1C12CC3CC(CC(C3)C1)C2. The molecule has 0 aromatic heterocycles. The van der Waals surface area contributed by atoms with Crippen LogP contribution in [0.2, 0.25) is 13.1 Å². The van der Waals surface area contributed by atoms with Crippen molar-refractivity contribution in [1.82, 2.24) is 0 Å². The molecule has 37 heavy (non-hydrogen) atoms. The van der Waals surface area contributed by atoms with Crippen LogP contribution in [0.4, 0.5) is 11.4 Å². The Morgan fingerprint density at radius 2 is 1.62 bits per heavy atom. The highest BCUT2D eigenvalue weighted by atomic mass is 28.3. The number of hydrogen-bond acceptors (Lipinski definition) is 4. The number of rotatable bonds is 6. The molecule has 4 aliphatic carbocycles. The molecule has 0 aliphatic heterocycles. The molecule has 1 amide bonds. The Morgan fingerprint density at radius 1 is 1.03 bits per heavy atom. The highest BCUT2D eigenvalue weighted by molar-refractivity contribution is 6.49. The number of carbonyl (C=O) groups excluding carboxylic acids is 1. The van der Waals surface area contributed by atoms with Crippen molar-refractivity contribution in [2.75, 3.05) is 11.1 Å². The minimum absolute atomic E-state index is 0.0442. The lowest BCUT2D eigenvalue weighted by molar-refractivity contribution is -0.00660. The van der Waals surface area contributed by atoms with Crippen LogP contribution in [-0.2, 0) is 10.8 Å². The van der Waals surface area contributed by atoms with Crippen molar-refractivity contribution >= 4 is 32.3 Å². The van der Waals surface area contributed by atoms with Gasteiger partial charge < -0.3 is 20.6 Å². The molecule has 6 nitrogen and oxygen atoms in total. The molecule has 6 rings (SSSR count). The van der Waals surface area contributed by atoms with Gasteiger partial charge >= 0.3 is 5.97 Å². The first-order valence-corrected chi connectivity index (χ1v) is 15.9. The van der Waals surface area contributed by atoms with Crippen LogP contribution in [0.25, 0.3) is 0 Å². The number of nitrogen functional groups attached to an aromatic ring is 1. The quantitative estimate of drug-likeness (QED) is 0.294. The van der Waals surface area contributed by atoms with Gasteiger partial charge in [-0.1, -0.05) is 26.8 Å². The molecule has 1 radical (unpaired) electrons. The molecule has 4 bridgehead atoms. The van der Waals surface area contributed by atoms with Gasteiger partial charge in [-0.2, -0.15) is 0 Å². The molecular weight excluding hydrogens is 480 g/mol. The van der Waals surface area contributed by atoms with Crippen molar-refractivity contribution in [3.63, 3.8) is 0 Å². The second-order valence-electron chi connectivity index (χ2n) is 12.9. The zero-order valence-electron chi connectivity index (χ0n) is 22.6. The van der Waals surface area contributed by atoms with Gasteiger partial charge in [-0.15, -0.1) is 0 Å². The van der Waals surface area contributed by atoms with Crippen LogP contribution >= 0.6 is 0 Å². The number of aromatic carboxylic acids is 1. The highest BCUT2D eigenvalue weighted by Gasteiger charge is 2.54. The van der Waals surface area contributed by atoms with Crippen molar-refractivity contribution < 1.29 is 19.1 Å². The minimum Gasteiger partial charge on any atom is -0.542 e. The lowest BCUT2D eigenvalue weighted by Gasteiger charge is -2.58. The largest absolute Gasteiger partial charge is 0.542 e. The number of amides is 1. The Morgan fingerprint density at radius 3 is 2.14 bits per heavy atom. The number of benzene rings is 2. The smallest absolute Gasteiger partial charge is 0.335 e. The average molecular weight is 520 g/mol. The summed E-state index contributed by atoms with van der Waals surface area (Å²) >= 11 is 0. The molecule has 4 saturated carbocycles. The number of carbonyl (C=O) groups is 2. The summed E-state index contributed by atoms with van der Waals surface area (Å²) in [4.78, 5) is 25.3. The van der Waals surface area contributed by atoms with E-state index in [1.165, 1.54) is 67.9 Å². The van der Waals surface area contributed by atoms with E-state index in [4.69, 9.17) is 10.2 Å². The zero-order chi connectivity index (χ0) is 26.7. The molecule has 0 heterocycles. The van der Waals surface area contributed by atoms with Crippen LogP contribution in [-0.4, -0.2) is 26.0 Å². The number of anilines is 2. The molecule has 197 valence electrons. The van der Waals surface area contributed by atoms with Gasteiger partial charge in [-0.25, -0.2) is 4.79 Å². The van der Waals surface area contributed by atoms with E-state index in [9.17, 15) is 14.7 Å². The van der Waals surface area contributed by atoms with Crippen LogP contribution in [0, 0.1) is 17.8 Å². The molecule has 2 aromatic rings. The van der Waals surface area contributed by atoms with E-state index in [-0.39, 0.29) is 22.3 Å². The average Bonchev–Trinajstić information content (AvgIpc) is 2.78. The maximum Gasteiger partial charge on any atom is 0.335 e. The first kappa shape index (κ1) is 25.8. The summed E-state index contributed by atoms with van der Waals surface area (Å²) in [6.45, 7) is 11.0. The van der Waals surface area contributed by atoms with Gasteiger partial charge in [0.1, 0.15) is 5.75 Å². The number of nitrogens with one attached hydrogen (secondary N) is 1. The lowest BCUT2D eigenvalue weighted by Crippen LogP contribution is -2.49. The fourth-order valence-electron chi connectivity index (χ4n) is 7.63. The van der Waals surface area contributed by atoms with E-state index in [0.29, 0.717) is 16.9 Å². The number of carboxylic acid groups (broad SMARTS) is 1. The number of nitrogens with two attached hydrogens (primary N) is 1. The van der Waals surface area contributed by atoms with Gasteiger partial charge in [0.05, 0.1) is 22.5 Å². The summed E-state index contributed by atoms with van der Waals surface area (Å²) in [6, 6.07) is 8.38. The van der Waals surface area contributed by atoms with Gasteiger partial charge in [-0.05, 0) is 105 Å². The van der Waals surface area contributed by atoms with E-state index in [0.717, 1.165) is 23.5 Å². The monoisotopic (exact) mass is 519 g/mol. The Bertz CT molecular complexity index is 1210. The van der Waals surface area contributed by atoms with E-state index in [1.807, 2.05) is 6.07 Å². The van der Waals surface area contributed by atoms with Crippen LogP contribution in [0.3, 0.4) is 0 Å². The molecule has 0 atom stereocenters. The third-order valence-electron chi connectivity index (χ3n) is 8.63. The van der Waals surface area contributed by atoms with Crippen molar-refractivity contribution in [1.29, 1.82) is 0 Å². The van der Waals surface area contributed by atoms with Gasteiger partial charge in [-0.3, -0.25) is 4.79 Å². The Balaban J connectivity index is 1.65. The summed E-state index contributed by atoms with van der Waals surface area (Å²) in [5.41, 5.74) is 9.79. The molecule has 0 saturated heterocycles. The van der Waals surface area contributed by atoms with Gasteiger partial charge in [0, 0.05) is 11.0 Å². The predicted octanol–water partition coefficient (Wildman–Crippen LogP) is 6.61. The molecule has 7 heteroatoms. The maximum absolute atomic E-state index is 13.8. The van der Waals surface area contributed by atoms with Gasteiger partial charge in [0.15, 0.2) is 0 Å². The van der Waals surface area contributed by atoms with E-state index >= 15 is 0 Å². The van der Waals surface area contributed by atoms with Crippen molar-refractivity contribution in [3.8, 4) is 5.75 Å². The molecule has 4 N–H and O–H groups in total. The predicted molar refractivity (Wildman–Crippen MR) is 149 cm³/mol. The molecular formula is C30H39N2O4Si. The van der Waals surface area contributed by atoms with Crippen molar-refractivity contribution in [3.05, 3.63) is 52.6 Å². The standard InChI is InChI=1S/C30H39N2O4Si/c1-29(2,3)22-8-7-21(27(33)32-24-13-20(28(34)35)6-9-23(24)31)26(36-37(4)5)25(22)30-14-17-10-18(15-30)12-19(11-17)16-30/h6-9,13,17-19H,10-12,14-16,31H2,1-5H3,(H,32,33)(H,34,35). The molecule has 4 fully saturated rings. The van der Waals surface area contributed by atoms with Crippen molar-refractivity contribution in [2.24, 2.45) is 17.8 Å². The third kappa shape index (κ3) is 4.78. The Kier molecular flexibility index (Phi) is 6.41. The van der Waals surface area contributed by atoms with E-state index in [2.05, 4.69) is 45.2 Å². The number of hydrogen-bond donors (Lipinski definition) is 3. The second kappa shape index (κ2) is 9.19. The molecule has 2 aromatic carbocycles. The summed E-state index contributed by atoms with van der Waals surface area (Å²) in [7, 11) is -1.18. The molecule has 0 unspecified atom stereocenters. The first-order valence-electron chi connectivity index (χ1n) is 13.5. The van der Waals surface area contributed by atoms with Crippen LogP contribution < -0.4 is 15.5 Å². The highest BCUT2D eigenvalue weighted by Crippen LogP contribution is 2.63. The summed E-state index contributed by atoms with van der Waals surface area (Å²) < 4.78 is 6.67.